The summed E-state index contributed by atoms with van der Waals surface area (Å²) in [5.74, 6) is 0.503. The molecule has 7 nitrogen and oxygen atoms in total. The summed E-state index contributed by atoms with van der Waals surface area (Å²) in [5, 5.41) is 3.33. The number of hydrogen-bond donors (Lipinski definition) is 2. The van der Waals surface area contributed by atoms with Crippen molar-refractivity contribution in [3.8, 4) is 0 Å². The predicted molar refractivity (Wildman–Crippen MR) is 94.5 cm³/mol. The van der Waals surface area contributed by atoms with Crippen LogP contribution in [0.3, 0.4) is 0 Å². The lowest BCUT2D eigenvalue weighted by Crippen LogP contribution is -2.28. The fraction of sp³-hybridized carbons (Fsp3) is 0.200. The van der Waals surface area contributed by atoms with Crippen LogP contribution in [0.4, 0.5) is 17.2 Å². The quantitative estimate of drug-likeness (QED) is 0.698. The number of benzene rings is 1. The van der Waals surface area contributed by atoms with Crippen LogP contribution in [0, 0.1) is 0 Å². The van der Waals surface area contributed by atoms with Gasteiger partial charge in [-0.15, -0.1) is 0 Å². The van der Waals surface area contributed by atoms with Gasteiger partial charge in [0.05, 0.1) is 23.1 Å². The van der Waals surface area contributed by atoms with Crippen LogP contribution in [-0.2, 0) is 16.4 Å². The van der Waals surface area contributed by atoms with Crippen molar-refractivity contribution in [3.05, 3.63) is 41.3 Å². The number of aromatic amines is 1. The van der Waals surface area contributed by atoms with Gasteiger partial charge in [-0.25, -0.2) is 13.4 Å². The van der Waals surface area contributed by atoms with Crippen LogP contribution in [0.15, 0.2) is 30.5 Å². The number of para-hydroxylation sites is 1. The number of H-pyrrole nitrogens is 1. The van der Waals surface area contributed by atoms with Gasteiger partial charge in [0.25, 0.3) is 0 Å². The van der Waals surface area contributed by atoms with Gasteiger partial charge in [0.1, 0.15) is 5.52 Å². The summed E-state index contributed by atoms with van der Waals surface area (Å²) in [4.78, 5) is 11.4. The van der Waals surface area contributed by atoms with Gasteiger partial charge in [0.2, 0.25) is 15.3 Å². The number of fused-ring (bicyclic) bond motifs is 2. The molecule has 0 unspecified atom stereocenters. The summed E-state index contributed by atoms with van der Waals surface area (Å²) in [6.07, 6.45) is 3.64. The second-order valence-electron chi connectivity index (χ2n) is 5.60. The topological polar surface area (TPSA) is 91.0 Å². The molecule has 0 saturated carbocycles. The average Bonchev–Trinajstić information content (AvgIpc) is 3.12. The van der Waals surface area contributed by atoms with Crippen molar-refractivity contribution < 1.29 is 8.42 Å². The molecule has 2 aromatic heterocycles. The Hall–Kier alpha value is -2.32. The van der Waals surface area contributed by atoms with Gasteiger partial charge in [-0.3, -0.25) is 4.31 Å². The molecule has 1 aliphatic heterocycles. The molecular weight excluding hydrogens is 350 g/mol. The molecular formula is C15H14ClN5O2S. The Kier molecular flexibility index (Phi) is 3.40. The van der Waals surface area contributed by atoms with Crippen molar-refractivity contribution in [3.63, 3.8) is 0 Å². The van der Waals surface area contributed by atoms with Gasteiger partial charge >= 0.3 is 0 Å². The third kappa shape index (κ3) is 2.47. The van der Waals surface area contributed by atoms with E-state index in [1.165, 1.54) is 10.6 Å². The van der Waals surface area contributed by atoms with Crippen LogP contribution in [-0.4, -0.2) is 36.2 Å². The minimum Gasteiger partial charge on any atom is -0.357 e. The minimum absolute atomic E-state index is 0.122. The zero-order chi connectivity index (χ0) is 16.9. The molecule has 1 aromatic carbocycles. The number of sulfonamides is 1. The Bertz CT molecular complexity index is 1050. The molecule has 1 aliphatic rings. The number of rotatable bonds is 3. The second kappa shape index (κ2) is 5.35. The molecule has 24 heavy (non-hydrogen) atoms. The van der Waals surface area contributed by atoms with Gasteiger partial charge < -0.3 is 10.3 Å². The van der Waals surface area contributed by atoms with Crippen molar-refractivity contribution in [2.75, 3.05) is 22.4 Å². The average molecular weight is 364 g/mol. The largest absolute Gasteiger partial charge is 0.357 e. The first kappa shape index (κ1) is 15.2. The lowest BCUT2D eigenvalue weighted by atomic mass is 10.1. The van der Waals surface area contributed by atoms with E-state index in [0.717, 1.165) is 5.56 Å². The monoisotopic (exact) mass is 363 g/mol. The summed E-state index contributed by atoms with van der Waals surface area (Å²) in [7, 11) is -3.34. The molecule has 0 saturated heterocycles. The maximum absolute atomic E-state index is 12.1. The number of halogens is 1. The Morgan fingerprint density at radius 2 is 2.12 bits per heavy atom. The third-order valence-corrected chi connectivity index (χ3v) is 5.32. The van der Waals surface area contributed by atoms with Crippen LogP contribution < -0.4 is 9.62 Å². The molecule has 9 heteroatoms. The van der Waals surface area contributed by atoms with Crippen LogP contribution in [0.25, 0.3) is 11.0 Å². The Morgan fingerprint density at radius 3 is 2.92 bits per heavy atom. The summed E-state index contributed by atoms with van der Waals surface area (Å²) < 4.78 is 25.6. The second-order valence-corrected chi connectivity index (χ2v) is 7.85. The molecule has 0 aliphatic carbocycles. The molecule has 0 atom stereocenters. The number of nitrogens with one attached hydrogen (secondary N) is 2. The Labute approximate surface area is 143 Å². The summed E-state index contributed by atoms with van der Waals surface area (Å²) in [6, 6.07) is 7.45. The minimum atomic E-state index is -3.34. The standard InChI is InChI=1S/C15H14ClN5O2S/c1-24(22,23)21-8-6-9-3-2-4-11(13(9)21)18-14-12-10(5-7-17-12)19-15(16)20-14/h2-5,7,17H,6,8H2,1H3,(H,18,19,20). The third-order valence-electron chi connectivity index (χ3n) is 3.99. The Morgan fingerprint density at radius 1 is 1.29 bits per heavy atom. The number of aromatic nitrogens is 3. The number of nitrogens with zero attached hydrogens (tertiary/aromatic N) is 3. The lowest BCUT2D eigenvalue weighted by molar-refractivity contribution is 0.598. The Balaban J connectivity index is 1.84. The highest BCUT2D eigenvalue weighted by molar-refractivity contribution is 7.92. The van der Waals surface area contributed by atoms with Crippen LogP contribution in [0.5, 0.6) is 0 Å². The molecule has 0 fully saturated rings. The highest BCUT2D eigenvalue weighted by Gasteiger charge is 2.29. The molecule has 124 valence electrons. The highest BCUT2D eigenvalue weighted by atomic mass is 35.5. The van der Waals surface area contributed by atoms with Gasteiger partial charge in [-0.1, -0.05) is 12.1 Å². The first-order valence-electron chi connectivity index (χ1n) is 7.31. The van der Waals surface area contributed by atoms with E-state index in [4.69, 9.17) is 11.6 Å². The molecule has 0 spiro atoms. The maximum Gasteiger partial charge on any atom is 0.232 e. The van der Waals surface area contributed by atoms with E-state index < -0.39 is 10.0 Å². The molecule has 3 heterocycles. The van der Waals surface area contributed by atoms with Crippen molar-refractivity contribution in [2.24, 2.45) is 0 Å². The molecule has 0 amide bonds. The van der Waals surface area contributed by atoms with E-state index in [2.05, 4.69) is 20.3 Å². The van der Waals surface area contributed by atoms with Gasteiger partial charge in [-0.05, 0) is 35.7 Å². The highest BCUT2D eigenvalue weighted by Crippen LogP contribution is 2.39. The van der Waals surface area contributed by atoms with E-state index in [9.17, 15) is 8.42 Å². The van der Waals surface area contributed by atoms with Crippen molar-refractivity contribution in [1.29, 1.82) is 0 Å². The smallest absolute Gasteiger partial charge is 0.232 e. The normalized spacial score (nSPS) is 14.2. The molecule has 0 radical (unpaired) electrons. The predicted octanol–water partition coefficient (Wildman–Crippen LogP) is 2.68. The zero-order valence-corrected chi connectivity index (χ0v) is 14.3. The summed E-state index contributed by atoms with van der Waals surface area (Å²) >= 11 is 5.98. The summed E-state index contributed by atoms with van der Waals surface area (Å²) in [6.45, 7) is 0.440. The molecule has 2 N–H and O–H groups in total. The molecule has 0 bridgehead atoms. The van der Waals surface area contributed by atoms with Crippen molar-refractivity contribution >= 4 is 49.9 Å². The van der Waals surface area contributed by atoms with Crippen LogP contribution in [0.2, 0.25) is 5.28 Å². The molecule has 3 aromatic rings. The van der Waals surface area contributed by atoms with Crippen molar-refractivity contribution in [2.45, 2.75) is 6.42 Å². The van der Waals surface area contributed by atoms with E-state index in [1.54, 1.807) is 12.3 Å². The van der Waals surface area contributed by atoms with Crippen LogP contribution in [0.1, 0.15) is 5.56 Å². The van der Waals surface area contributed by atoms with E-state index in [-0.39, 0.29) is 5.28 Å². The first-order chi connectivity index (χ1) is 11.4. The summed E-state index contributed by atoms with van der Waals surface area (Å²) in [5.41, 5.74) is 3.70. The fourth-order valence-corrected chi connectivity index (χ4v) is 4.13. The molecule has 4 rings (SSSR count). The fourth-order valence-electron chi connectivity index (χ4n) is 2.99. The number of anilines is 3. The van der Waals surface area contributed by atoms with Gasteiger partial charge in [0, 0.05) is 12.7 Å². The SMILES string of the molecule is CS(=O)(=O)N1CCc2cccc(Nc3nc(Cl)nc4cc[nH]c34)c21. The van der Waals surface area contributed by atoms with Gasteiger partial charge in [-0.2, -0.15) is 4.98 Å². The van der Waals surface area contributed by atoms with E-state index in [1.807, 2.05) is 18.2 Å². The van der Waals surface area contributed by atoms with Gasteiger partial charge in [0.15, 0.2) is 5.82 Å². The number of hydrogen-bond acceptors (Lipinski definition) is 5. The van der Waals surface area contributed by atoms with E-state index >= 15 is 0 Å². The first-order valence-corrected chi connectivity index (χ1v) is 9.53. The van der Waals surface area contributed by atoms with Crippen LogP contribution >= 0.6 is 11.6 Å². The van der Waals surface area contributed by atoms with E-state index in [0.29, 0.717) is 41.2 Å². The lowest BCUT2D eigenvalue weighted by Gasteiger charge is -2.20. The zero-order valence-electron chi connectivity index (χ0n) is 12.7. The van der Waals surface area contributed by atoms with Crippen molar-refractivity contribution in [1.82, 2.24) is 15.0 Å². The maximum atomic E-state index is 12.1.